The first kappa shape index (κ1) is 17.1. The Bertz CT molecular complexity index is 576. The van der Waals surface area contributed by atoms with E-state index in [9.17, 15) is 19.7 Å². The topological polar surface area (TPSA) is 95.7 Å². The predicted octanol–water partition coefficient (Wildman–Crippen LogP) is 2.56. The van der Waals surface area contributed by atoms with Crippen LogP contribution in [0.25, 0.3) is 0 Å². The van der Waals surface area contributed by atoms with E-state index in [4.69, 9.17) is 9.47 Å². The Morgan fingerprint density at radius 3 is 2.65 bits per heavy atom. The number of rotatable bonds is 7. The molecule has 1 saturated carbocycles. The summed E-state index contributed by atoms with van der Waals surface area (Å²) >= 11 is 0. The monoisotopic (exact) mass is 321 g/mol. The molecule has 2 rings (SSSR count). The van der Waals surface area contributed by atoms with Crippen molar-refractivity contribution in [3.05, 3.63) is 39.9 Å². The second kappa shape index (κ2) is 8.38. The number of ether oxygens (including phenoxy) is 2. The van der Waals surface area contributed by atoms with Crippen molar-refractivity contribution >= 4 is 17.4 Å². The summed E-state index contributed by atoms with van der Waals surface area (Å²) in [5.41, 5.74) is 0.293. The van der Waals surface area contributed by atoms with Crippen LogP contribution < -0.4 is 0 Å². The Balaban J connectivity index is 1.69. The fraction of sp³-hybridized carbons (Fsp3) is 0.500. The van der Waals surface area contributed by atoms with E-state index in [1.54, 1.807) is 18.2 Å². The Morgan fingerprint density at radius 1 is 1.26 bits per heavy atom. The minimum absolute atomic E-state index is 0.0238. The molecule has 0 heterocycles. The molecule has 7 heteroatoms. The largest absolute Gasteiger partial charge is 0.460 e. The number of hydrogen-bond donors (Lipinski definition) is 0. The van der Waals surface area contributed by atoms with E-state index in [0.717, 1.165) is 0 Å². The maximum Gasteiger partial charge on any atom is 0.308 e. The van der Waals surface area contributed by atoms with E-state index in [1.165, 1.54) is 6.07 Å². The number of carbonyl (C=O) groups excluding carboxylic acids is 2. The van der Waals surface area contributed by atoms with Crippen molar-refractivity contribution in [3.63, 3.8) is 0 Å². The highest BCUT2D eigenvalue weighted by molar-refractivity contribution is 5.79. The molecule has 0 bridgehead atoms. The highest BCUT2D eigenvalue weighted by Gasteiger charge is 2.19. The van der Waals surface area contributed by atoms with Gasteiger partial charge in [-0.05, 0) is 18.9 Å². The van der Waals surface area contributed by atoms with Crippen LogP contribution in [0.5, 0.6) is 0 Å². The molecule has 0 saturated heterocycles. The quantitative estimate of drug-likeness (QED) is 0.435. The predicted molar refractivity (Wildman–Crippen MR) is 80.7 cm³/mol. The van der Waals surface area contributed by atoms with E-state index in [1.807, 2.05) is 0 Å². The van der Waals surface area contributed by atoms with Gasteiger partial charge in [-0.3, -0.25) is 19.7 Å². The van der Waals surface area contributed by atoms with Crippen LogP contribution in [0, 0.1) is 10.1 Å². The molecule has 1 aliphatic rings. The third kappa shape index (κ3) is 5.45. The number of carbonyl (C=O) groups is 2. The van der Waals surface area contributed by atoms with Gasteiger partial charge in [0.05, 0.1) is 29.6 Å². The molecular formula is C16H19NO6. The molecule has 1 aromatic rings. The molecule has 23 heavy (non-hydrogen) atoms. The molecule has 0 spiro atoms. The molecule has 1 aliphatic carbocycles. The highest BCUT2D eigenvalue weighted by atomic mass is 16.6. The minimum atomic E-state index is -0.503. The molecule has 0 amide bonds. The molecule has 1 aromatic carbocycles. The first-order valence-electron chi connectivity index (χ1n) is 7.57. The summed E-state index contributed by atoms with van der Waals surface area (Å²) in [6.07, 6.45) is 2.58. The normalized spacial score (nSPS) is 15.4. The van der Waals surface area contributed by atoms with E-state index in [-0.39, 0.29) is 37.2 Å². The maximum absolute atomic E-state index is 11.7. The van der Waals surface area contributed by atoms with Crippen molar-refractivity contribution in [2.24, 2.45) is 0 Å². The fourth-order valence-electron chi connectivity index (χ4n) is 2.43. The second-order valence-corrected chi connectivity index (χ2v) is 5.41. The number of esters is 1. The number of nitro groups is 1. The van der Waals surface area contributed by atoms with Gasteiger partial charge in [0, 0.05) is 18.9 Å². The third-order valence-corrected chi connectivity index (χ3v) is 3.73. The van der Waals surface area contributed by atoms with Crippen LogP contribution in [0.1, 0.15) is 37.7 Å². The summed E-state index contributed by atoms with van der Waals surface area (Å²) in [5, 5.41) is 10.9. The van der Waals surface area contributed by atoms with E-state index in [2.05, 4.69) is 0 Å². The van der Waals surface area contributed by atoms with Gasteiger partial charge in [-0.1, -0.05) is 12.1 Å². The molecule has 0 atom stereocenters. The standard InChI is InChI=1S/C16H19NO6/c18-13-5-7-14(8-6-13)22-10-9-16(19)23-11-12-3-1-2-4-15(12)17(20)21/h1-4,14H,5-11H2. The number of hydrogen-bond acceptors (Lipinski definition) is 6. The Labute approximate surface area is 133 Å². The van der Waals surface area contributed by atoms with Crippen LogP contribution in [0.3, 0.4) is 0 Å². The Morgan fingerprint density at radius 2 is 1.96 bits per heavy atom. The number of nitro benzene ring substituents is 1. The van der Waals surface area contributed by atoms with Crippen molar-refractivity contribution in [2.75, 3.05) is 6.61 Å². The number of para-hydroxylation sites is 1. The number of Topliss-reactive ketones (excluding diaryl/α,β-unsaturated/α-hetero) is 1. The van der Waals surface area contributed by atoms with Crippen LogP contribution in [0.2, 0.25) is 0 Å². The van der Waals surface area contributed by atoms with Gasteiger partial charge in [0.15, 0.2) is 0 Å². The van der Waals surface area contributed by atoms with Gasteiger partial charge in [-0.25, -0.2) is 0 Å². The zero-order chi connectivity index (χ0) is 16.7. The van der Waals surface area contributed by atoms with E-state index in [0.29, 0.717) is 31.2 Å². The third-order valence-electron chi connectivity index (χ3n) is 3.73. The molecule has 0 aromatic heterocycles. The lowest BCUT2D eigenvalue weighted by atomic mass is 9.96. The molecule has 7 nitrogen and oxygen atoms in total. The molecule has 1 fully saturated rings. The lowest BCUT2D eigenvalue weighted by Crippen LogP contribution is -2.22. The SMILES string of the molecule is O=C1CCC(OCCC(=O)OCc2ccccc2[N+](=O)[O-])CC1. The lowest BCUT2D eigenvalue weighted by molar-refractivity contribution is -0.385. The first-order chi connectivity index (χ1) is 11.1. The van der Waals surface area contributed by atoms with Crippen molar-refractivity contribution in [2.45, 2.75) is 44.8 Å². The Kier molecular flexibility index (Phi) is 6.22. The van der Waals surface area contributed by atoms with Crippen molar-refractivity contribution in [3.8, 4) is 0 Å². The summed E-state index contributed by atoms with van der Waals surface area (Å²) in [5.74, 6) is -0.205. The van der Waals surface area contributed by atoms with E-state index >= 15 is 0 Å². The molecule has 0 radical (unpaired) electrons. The average Bonchev–Trinajstić information content (AvgIpc) is 2.55. The summed E-state index contributed by atoms with van der Waals surface area (Å²) in [7, 11) is 0. The van der Waals surface area contributed by atoms with Gasteiger partial charge in [0.1, 0.15) is 12.4 Å². The minimum Gasteiger partial charge on any atom is -0.460 e. The van der Waals surface area contributed by atoms with Crippen LogP contribution in [-0.4, -0.2) is 29.4 Å². The van der Waals surface area contributed by atoms with Crippen LogP contribution in [0.4, 0.5) is 5.69 Å². The summed E-state index contributed by atoms with van der Waals surface area (Å²) in [6.45, 7) is 0.0997. The molecule has 124 valence electrons. The van der Waals surface area contributed by atoms with Gasteiger partial charge in [0.25, 0.3) is 5.69 Å². The molecule has 0 unspecified atom stereocenters. The number of nitrogens with zero attached hydrogens (tertiary/aromatic N) is 1. The van der Waals surface area contributed by atoms with Crippen LogP contribution in [-0.2, 0) is 25.7 Å². The van der Waals surface area contributed by atoms with Crippen LogP contribution in [0.15, 0.2) is 24.3 Å². The van der Waals surface area contributed by atoms with Crippen molar-refractivity contribution in [1.82, 2.24) is 0 Å². The maximum atomic E-state index is 11.7. The van der Waals surface area contributed by atoms with Gasteiger partial charge in [0.2, 0.25) is 0 Å². The molecule has 0 N–H and O–H groups in total. The average molecular weight is 321 g/mol. The van der Waals surface area contributed by atoms with Gasteiger partial charge in [-0.15, -0.1) is 0 Å². The van der Waals surface area contributed by atoms with E-state index < -0.39 is 10.9 Å². The molecular weight excluding hydrogens is 302 g/mol. The zero-order valence-corrected chi connectivity index (χ0v) is 12.7. The summed E-state index contributed by atoms with van der Waals surface area (Å²) < 4.78 is 10.6. The number of benzene rings is 1. The Hall–Kier alpha value is -2.28. The van der Waals surface area contributed by atoms with Crippen molar-refractivity contribution in [1.29, 1.82) is 0 Å². The summed E-state index contributed by atoms with van der Waals surface area (Å²) in [6, 6.07) is 6.15. The smallest absolute Gasteiger partial charge is 0.308 e. The van der Waals surface area contributed by atoms with Gasteiger partial charge >= 0.3 is 5.97 Å². The molecule has 0 aliphatic heterocycles. The van der Waals surface area contributed by atoms with Crippen LogP contribution >= 0.6 is 0 Å². The zero-order valence-electron chi connectivity index (χ0n) is 12.7. The summed E-state index contributed by atoms with van der Waals surface area (Å²) in [4.78, 5) is 33.1. The first-order valence-corrected chi connectivity index (χ1v) is 7.57. The lowest BCUT2D eigenvalue weighted by Gasteiger charge is -2.21. The highest BCUT2D eigenvalue weighted by Crippen LogP contribution is 2.19. The second-order valence-electron chi connectivity index (χ2n) is 5.41. The van der Waals surface area contributed by atoms with Crippen molar-refractivity contribution < 1.29 is 24.0 Å². The van der Waals surface area contributed by atoms with Gasteiger partial charge < -0.3 is 9.47 Å². The van der Waals surface area contributed by atoms with Gasteiger partial charge in [-0.2, -0.15) is 0 Å². The fourth-order valence-corrected chi connectivity index (χ4v) is 2.43. The number of ketones is 1.